The number of benzene rings is 1. The maximum atomic E-state index is 11.9. The summed E-state index contributed by atoms with van der Waals surface area (Å²) in [5, 5.41) is 3.50. The first-order valence-corrected chi connectivity index (χ1v) is 7.28. The van der Waals surface area contributed by atoms with Gasteiger partial charge in [0, 0.05) is 6.20 Å². The predicted molar refractivity (Wildman–Crippen MR) is 85.9 cm³/mol. The lowest BCUT2D eigenvalue weighted by molar-refractivity contribution is 0.0946. The summed E-state index contributed by atoms with van der Waals surface area (Å²) >= 11 is 16.9. The van der Waals surface area contributed by atoms with Crippen LogP contribution in [0.2, 0.25) is 10.0 Å². The average molecular weight is 343 g/mol. The highest BCUT2D eigenvalue weighted by Crippen LogP contribution is 2.31. The Labute approximate surface area is 137 Å². The molecule has 21 heavy (non-hydrogen) atoms. The molecule has 0 aliphatic heterocycles. The molecule has 0 spiro atoms. The summed E-state index contributed by atoms with van der Waals surface area (Å²) in [6, 6.07) is 8.50. The molecule has 2 aromatic rings. The molecule has 0 aliphatic carbocycles. The number of rotatable bonds is 5. The molecule has 2 rings (SSSR count). The molecule has 0 radical (unpaired) electrons. The molecule has 0 aliphatic rings. The molecule has 1 aromatic carbocycles. The van der Waals surface area contributed by atoms with Gasteiger partial charge in [0.2, 0.25) is 0 Å². The van der Waals surface area contributed by atoms with E-state index in [9.17, 15) is 4.79 Å². The van der Waals surface area contributed by atoms with Crippen LogP contribution in [0.1, 0.15) is 10.4 Å². The monoisotopic (exact) mass is 342 g/mol. The third-order valence-electron chi connectivity index (χ3n) is 2.62. The van der Waals surface area contributed by atoms with Crippen molar-refractivity contribution in [1.82, 2.24) is 10.3 Å². The van der Waals surface area contributed by atoms with Crippen molar-refractivity contribution < 1.29 is 9.53 Å². The Hall–Kier alpha value is -1.56. The number of aromatic amines is 1. The van der Waals surface area contributed by atoms with Crippen LogP contribution in [0.4, 0.5) is 0 Å². The lowest BCUT2D eigenvalue weighted by Gasteiger charge is -2.09. The lowest BCUT2D eigenvalue weighted by Crippen LogP contribution is -2.28. The predicted octanol–water partition coefficient (Wildman–Crippen LogP) is 3.86. The van der Waals surface area contributed by atoms with E-state index in [1.165, 1.54) is 0 Å². The first-order chi connectivity index (χ1) is 10.1. The minimum atomic E-state index is -0.252. The van der Waals surface area contributed by atoms with Crippen molar-refractivity contribution in [2.45, 2.75) is 0 Å². The molecule has 0 fully saturated rings. The number of H-pyrrole nitrogens is 1. The molecular weight excluding hydrogens is 331 g/mol. The van der Waals surface area contributed by atoms with E-state index in [1.807, 2.05) is 0 Å². The molecule has 4 nitrogen and oxygen atoms in total. The van der Waals surface area contributed by atoms with E-state index in [0.717, 1.165) is 0 Å². The fraction of sp³-hybridized carbons (Fsp3) is 0.143. The van der Waals surface area contributed by atoms with Crippen LogP contribution in [0.5, 0.6) is 5.75 Å². The van der Waals surface area contributed by atoms with Crippen molar-refractivity contribution in [2.75, 3.05) is 13.2 Å². The Morgan fingerprint density at radius 1 is 1.29 bits per heavy atom. The zero-order valence-electron chi connectivity index (χ0n) is 10.9. The number of aromatic nitrogens is 1. The first kappa shape index (κ1) is 15.8. The molecule has 1 amide bonds. The van der Waals surface area contributed by atoms with Crippen LogP contribution in [0.25, 0.3) is 0 Å². The first-order valence-electron chi connectivity index (χ1n) is 6.12. The number of carbonyl (C=O) groups is 1. The lowest BCUT2D eigenvalue weighted by atomic mass is 10.3. The van der Waals surface area contributed by atoms with Crippen molar-refractivity contribution in [1.29, 1.82) is 0 Å². The van der Waals surface area contributed by atoms with Gasteiger partial charge in [-0.15, -0.1) is 0 Å². The van der Waals surface area contributed by atoms with E-state index in [1.54, 1.807) is 36.5 Å². The molecule has 2 N–H and O–H groups in total. The maximum Gasteiger partial charge on any atom is 0.254 e. The molecule has 0 atom stereocenters. The van der Waals surface area contributed by atoms with Gasteiger partial charge in [-0.3, -0.25) is 4.79 Å². The van der Waals surface area contributed by atoms with E-state index in [0.29, 0.717) is 32.5 Å². The molecule has 110 valence electrons. The standard InChI is InChI=1S/C14H12Cl2N2O2S/c15-10-4-1-5-11(12(10)16)20-8-7-17-13(19)9-3-2-6-18-14(9)21/h1-6H,7-8H2,(H,17,19)(H,18,21). The summed E-state index contributed by atoms with van der Waals surface area (Å²) in [4.78, 5) is 14.7. The van der Waals surface area contributed by atoms with Crippen LogP contribution < -0.4 is 10.1 Å². The number of ether oxygens (including phenoxy) is 1. The second-order valence-electron chi connectivity index (χ2n) is 4.07. The summed E-state index contributed by atoms with van der Waals surface area (Å²) in [6.45, 7) is 0.598. The Morgan fingerprint density at radius 3 is 2.86 bits per heavy atom. The Balaban J connectivity index is 1.85. The number of pyridine rings is 1. The van der Waals surface area contributed by atoms with Crippen molar-refractivity contribution in [3.8, 4) is 5.75 Å². The van der Waals surface area contributed by atoms with Crippen LogP contribution in [0.3, 0.4) is 0 Å². The highest BCUT2D eigenvalue weighted by Gasteiger charge is 2.08. The van der Waals surface area contributed by atoms with Crippen LogP contribution >= 0.6 is 35.4 Å². The third kappa shape index (κ3) is 4.20. The van der Waals surface area contributed by atoms with E-state index in [4.69, 9.17) is 40.2 Å². The van der Waals surface area contributed by atoms with Gasteiger partial charge in [0.1, 0.15) is 22.0 Å². The number of amides is 1. The van der Waals surface area contributed by atoms with Gasteiger partial charge in [0.15, 0.2) is 0 Å². The molecule has 0 bridgehead atoms. The molecule has 0 saturated heterocycles. The highest BCUT2D eigenvalue weighted by molar-refractivity contribution is 7.71. The minimum Gasteiger partial charge on any atom is -0.490 e. The van der Waals surface area contributed by atoms with Crippen molar-refractivity contribution in [3.63, 3.8) is 0 Å². The Morgan fingerprint density at radius 2 is 2.10 bits per heavy atom. The SMILES string of the molecule is O=C(NCCOc1cccc(Cl)c1Cl)c1ccc[nH]c1=S. The van der Waals surface area contributed by atoms with Crippen LogP contribution in [0, 0.1) is 4.64 Å². The van der Waals surface area contributed by atoms with Crippen LogP contribution in [0.15, 0.2) is 36.5 Å². The van der Waals surface area contributed by atoms with E-state index < -0.39 is 0 Å². The van der Waals surface area contributed by atoms with Crippen molar-refractivity contribution in [3.05, 3.63) is 56.8 Å². The second kappa shape index (κ2) is 7.45. The number of halogens is 2. The van der Waals surface area contributed by atoms with Gasteiger partial charge in [0.25, 0.3) is 5.91 Å². The van der Waals surface area contributed by atoms with Crippen molar-refractivity contribution in [2.24, 2.45) is 0 Å². The van der Waals surface area contributed by atoms with Crippen LogP contribution in [-0.2, 0) is 0 Å². The summed E-state index contributed by atoms with van der Waals surface area (Å²) in [5.74, 6) is 0.230. The zero-order valence-corrected chi connectivity index (χ0v) is 13.2. The molecule has 7 heteroatoms. The highest BCUT2D eigenvalue weighted by atomic mass is 35.5. The van der Waals surface area contributed by atoms with E-state index >= 15 is 0 Å². The topological polar surface area (TPSA) is 54.1 Å². The molecule has 1 aromatic heterocycles. The number of hydrogen-bond donors (Lipinski definition) is 2. The number of hydrogen-bond acceptors (Lipinski definition) is 3. The fourth-order valence-corrected chi connectivity index (χ4v) is 2.19. The quantitative estimate of drug-likeness (QED) is 0.640. The van der Waals surface area contributed by atoms with Crippen molar-refractivity contribution >= 4 is 41.3 Å². The van der Waals surface area contributed by atoms with Gasteiger partial charge in [-0.25, -0.2) is 0 Å². The summed E-state index contributed by atoms with van der Waals surface area (Å²) in [6.07, 6.45) is 1.67. The minimum absolute atomic E-state index is 0.252. The van der Waals surface area contributed by atoms with E-state index in [-0.39, 0.29) is 12.5 Å². The number of carbonyl (C=O) groups excluding carboxylic acids is 1. The zero-order chi connectivity index (χ0) is 15.2. The largest absolute Gasteiger partial charge is 0.490 e. The van der Waals surface area contributed by atoms with E-state index in [2.05, 4.69) is 10.3 Å². The van der Waals surface area contributed by atoms with Gasteiger partial charge < -0.3 is 15.0 Å². The molecule has 0 saturated carbocycles. The molecule has 1 heterocycles. The average Bonchev–Trinajstić information content (AvgIpc) is 2.48. The van der Waals surface area contributed by atoms with Crippen LogP contribution in [-0.4, -0.2) is 24.0 Å². The summed E-state index contributed by atoms with van der Waals surface area (Å²) in [7, 11) is 0. The van der Waals surface area contributed by atoms with Gasteiger partial charge in [-0.1, -0.05) is 41.5 Å². The number of nitrogens with one attached hydrogen (secondary N) is 2. The molecule has 0 unspecified atom stereocenters. The van der Waals surface area contributed by atoms with Gasteiger partial charge in [-0.2, -0.15) is 0 Å². The Kier molecular flexibility index (Phi) is 5.61. The maximum absolute atomic E-state index is 11.9. The smallest absolute Gasteiger partial charge is 0.254 e. The normalized spacial score (nSPS) is 10.2. The third-order valence-corrected chi connectivity index (χ3v) is 3.76. The fourth-order valence-electron chi connectivity index (χ4n) is 1.62. The Bertz CT molecular complexity index is 703. The van der Waals surface area contributed by atoms with Gasteiger partial charge in [0.05, 0.1) is 17.1 Å². The summed E-state index contributed by atoms with van der Waals surface area (Å²) in [5.41, 5.74) is 0.424. The summed E-state index contributed by atoms with van der Waals surface area (Å²) < 4.78 is 5.87. The second-order valence-corrected chi connectivity index (χ2v) is 5.26. The van der Waals surface area contributed by atoms with Gasteiger partial charge in [-0.05, 0) is 24.3 Å². The molecular formula is C14H12Cl2N2O2S. The van der Waals surface area contributed by atoms with Gasteiger partial charge >= 0.3 is 0 Å².